The van der Waals surface area contributed by atoms with E-state index in [1.54, 1.807) is 24.3 Å². The Morgan fingerprint density at radius 2 is 2.15 bits per heavy atom. The summed E-state index contributed by atoms with van der Waals surface area (Å²) in [5.74, 6) is 0.244. The zero-order chi connectivity index (χ0) is 15.0. The minimum absolute atomic E-state index is 0.0204. The molecule has 0 saturated carbocycles. The summed E-state index contributed by atoms with van der Waals surface area (Å²) >= 11 is 7.51. The maximum absolute atomic E-state index is 11.1. The van der Waals surface area contributed by atoms with E-state index in [0.717, 1.165) is 4.90 Å². The lowest BCUT2D eigenvalue weighted by molar-refractivity contribution is -0.140. The van der Waals surface area contributed by atoms with Gasteiger partial charge in [-0.05, 0) is 18.2 Å². The highest BCUT2D eigenvalue weighted by atomic mass is 35.5. The van der Waals surface area contributed by atoms with Crippen molar-refractivity contribution in [2.45, 2.75) is 11.3 Å². The number of nitrogens with zero attached hydrogens (tertiary/aromatic N) is 2. The SMILES string of the molecule is COC(=O)CCSc1cccc(Cl)c1C=C(C#N)C#N. The van der Waals surface area contributed by atoms with Gasteiger partial charge in [0, 0.05) is 21.2 Å². The standard InChI is InChI=1S/C14H11ClN2O2S/c1-19-14(18)5-6-20-13-4-2-3-12(15)11(13)7-10(8-16)9-17/h2-4,7H,5-6H2,1H3. The van der Waals surface area contributed by atoms with Gasteiger partial charge in [0.15, 0.2) is 0 Å². The first-order valence-corrected chi connectivity index (χ1v) is 6.98. The summed E-state index contributed by atoms with van der Waals surface area (Å²) in [6, 6.07) is 8.88. The lowest BCUT2D eigenvalue weighted by Crippen LogP contribution is -2.01. The number of carbonyl (C=O) groups excluding carboxylic acids is 1. The first-order valence-electron chi connectivity index (χ1n) is 5.62. The number of nitriles is 2. The third-order valence-electron chi connectivity index (χ3n) is 2.33. The molecular formula is C14H11ClN2O2S. The van der Waals surface area contributed by atoms with Gasteiger partial charge in [-0.15, -0.1) is 11.8 Å². The predicted molar refractivity (Wildman–Crippen MR) is 78.0 cm³/mol. The summed E-state index contributed by atoms with van der Waals surface area (Å²) < 4.78 is 4.57. The highest BCUT2D eigenvalue weighted by Crippen LogP contribution is 2.30. The average Bonchev–Trinajstić information content (AvgIpc) is 2.46. The van der Waals surface area contributed by atoms with Crippen molar-refractivity contribution in [2.24, 2.45) is 0 Å². The summed E-state index contributed by atoms with van der Waals surface area (Å²) in [5, 5.41) is 18.1. The second-order valence-corrected chi connectivity index (χ2v) is 5.15. The number of hydrogen-bond donors (Lipinski definition) is 0. The van der Waals surface area contributed by atoms with E-state index in [4.69, 9.17) is 22.1 Å². The van der Waals surface area contributed by atoms with E-state index in [-0.39, 0.29) is 18.0 Å². The molecule has 0 bridgehead atoms. The molecule has 0 atom stereocenters. The average molecular weight is 307 g/mol. The van der Waals surface area contributed by atoms with Gasteiger partial charge in [0.1, 0.15) is 17.7 Å². The summed E-state index contributed by atoms with van der Waals surface area (Å²) in [4.78, 5) is 11.9. The molecule has 1 aromatic carbocycles. The number of hydrogen-bond acceptors (Lipinski definition) is 5. The number of ether oxygens (including phenoxy) is 1. The Balaban J connectivity index is 2.95. The van der Waals surface area contributed by atoms with Crippen molar-refractivity contribution >= 4 is 35.4 Å². The first-order chi connectivity index (χ1) is 9.62. The third kappa shape index (κ3) is 4.62. The monoisotopic (exact) mass is 306 g/mol. The van der Waals surface area contributed by atoms with Crippen LogP contribution in [0.15, 0.2) is 28.7 Å². The van der Waals surface area contributed by atoms with Crippen LogP contribution in [0, 0.1) is 22.7 Å². The Morgan fingerprint density at radius 3 is 2.75 bits per heavy atom. The summed E-state index contributed by atoms with van der Waals surface area (Å²) in [7, 11) is 1.34. The van der Waals surface area contributed by atoms with Gasteiger partial charge in [0.2, 0.25) is 0 Å². The molecule has 1 aromatic rings. The largest absolute Gasteiger partial charge is 0.469 e. The van der Waals surface area contributed by atoms with Crippen LogP contribution >= 0.6 is 23.4 Å². The molecule has 0 radical (unpaired) electrons. The minimum atomic E-state index is -0.286. The highest BCUT2D eigenvalue weighted by Gasteiger charge is 2.08. The molecule has 0 spiro atoms. The van der Waals surface area contributed by atoms with Crippen LogP contribution in [0.2, 0.25) is 5.02 Å². The van der Waals surface area contributed by atoms with Crippen molar-refractivity contribution in [2.75, 3.05) is 12.9 Å². The minimum Gasteiger partial charge on any atom is -0.469 e. The normalized spacial score (nSPS) is 9.20. The van der Waals surface area contributed by atoms with Crippen LogP contribution in [-0.2, 0) is 9.53 Å². The van der Waals surface area contributed by atoms with Gasteiger partial charge in [-0.1, -0.05) is 17.7 Å². The van der Waals surface area contributed by atoms with Gasteiger partial charge in [0.25, 0.3) is 0 Å². The fourth-order valence-electron chi connectivity index (χ4n) is 1.36. The van der Waals surface area contributed by atoms with Crippen LogP contribution in [0.1, 0.15) is 12.0 Å². The van der Waals surface area contributed by atoms with Crippen LogP contribution in [0.25, 0.3) is 6.08 Å². The van der Waals surface area contributed by atoms with Crippen molar-refractivity contribution in [3.63, 3.8) is 0 Å². The van der Waals surface area contributed by atoms with Crippen LogP contribution < -0.4 is 0 Å². The second kappa shape index (κ2) is 8.27. The zero-order valence-electron chi connectivity index (χ0n) is 10.7. The lowest BCUT2D eigenvalue weighted by atomic mass is 10.1. The molecule has 0 N–H and O–H groups in total. The quantitative estimate of drug-likeness (QED) is 0.473. The maximum Gasteiger partial charge on any atom is 0.306 e. The number of halogens is 1. The number of methoxy groups -OCH3 is 1. The molecule has 0 saturated heterocycles. The third-order valence-corrected chi connectivity index (χ3v) is 3.74. The van der Waals surface area contributed by atoms with Crippen molar-refractivity contribution in [1.29, 1.82) is 10.5 Å². The summed E-state index contributed by atoms with van der Waals surface area (Å²) in [5.41, 5.74) is 0.593. The molecule has 0 aliphatic heterocycles. The maximum atomic E-state index is 11.1. The van der Waals surface area contributed by atoms with Crippen molar-refractivity contribution < 1.29 is 9.53 Å². The molecule has 0 unspecified atom stereocenters. The molecule has 0 amide bonds. The number of thioether (sulfide) groups is 1. The number of esters is 1. The van der Waals surface area contributed by atoms with Gasteiger partial charge in [0.05, 0.1) is 13.5 Å². The van der Waals surface area contributed by atoms with E-state index in [1.165, 1.54) is 24.9 Å². The zero-order valence-corrected chi connectivity index (χ0v) is 12.3. The summed E-state index contributed by atoms with van der Waals surface area (Å²) in [6.07, 6.45) is 1.73. The van der Waals surface area contributed by atoms with Crippen molar-refractivity contribution in [3.8, 4) is 12.1 Å². The van der Waals surface area contributed by atoms with Crippen LogP contribution in [0.3, 0.4) is 0 Å². The van der Waals surface area contributed by atoms with Crippen molar-refractivity contribution in [1.82, 2.24) is 0 Å². The summed E-state index contributed by atoms with van der Waals surface area (Å²) in [6.45, 7) is 0. The number of benzene rings is 1. The Labute approximate surface area is 126 Å². The lowest BCUT2D eigenvalue weighted by Gasteiger charge is -2.07. The molecule has 6 heteroatoms. The Bertz CT molecular complexity index is 599. The molecule has 0 aliphatic rings. The second-order valence-electron chi connectivity index (χ2n) is 3.61. The highest BCUT2D eigenvalue weighted by molar-refractivity contribution is 7.99. The molecule has 0 aliphatic carbocycles. The Morgan fingerprint density at radius 1 is 1.45 bits per heavy atom. The molecule has 1 rings (SSSR count). The van der Waals surface area contributed by atoms with Gasteiger partial charge in [-0.2, -0.15) is 10.5 Å². The van der Waals surface area contributed by atoms with Gasteiger partial charge < -0.3 is 4.74 Å². The Kier molecular flexibility index (Phi) is 6.66. The van der Waals surface area contributed by atoms with Crippen LogP contribution in [0.4, 0.5) is 0 Å². The van der Waals surface area contributed by atoms with Gasteiger partial charge >= 0.3 is 5.97 Å². The number of carbonyl (C=O) groups is 1. The number of rotatable bonds is 5. The molecule has 0 heterocycles. The van der Waals surface area contributed by atoms with E-state index in [2.05, 4.69) is 4.74 Å². The predicted octanol–water partition coefficient (Wildman–Crippen LogP) is 3.43. The van der Waals surface area contributed by atoms with E-state index in [9.17, 15) is 4.79 Å². The molecule has 0 fully saturated rings. The molecule has 4 nitrogen and oxygen atoms in total. The molecule has 20 heavy (non-hydrogen) atoms. The first kappa shape index (κ1) is 16.1. The van der Waals surface area contributed by atoms with Gasteiger partial charge in [-0.25, -0.2) is 0 Å². The molecule has 0 aromatic heterocycles. The van der Waals surface area contributed by atoms with Crippen LogP contribution in [0.5, 0.6) is 0 Å². The Hall–Kier alpha value is -1.95. The van der Waals surface area contributed by atoms with E-state index in [0.29, 0.717) is 16.3 Å². The molecule has 102 valence electrons. The van der Waals surface area contributed by atoms with E-state index >= 15 is 0 Å². The fourth-order valence-corrected chi connectivity index (χ4v) is 2.64. The topological polar surface area (TPSA) is 73.9 Å². The van der Waals surface area contributed by atoms with Crippen LogP contribution in [-0.4, -0.2) is 18.8 Å². The van der Waals surface area contributed by atoms with E-state index in [1.807, 2.05) is 6.07 Å². The fraction of sp³-hybridized carbons (Fsp3) is 0.214. The van der Waals surface area contributed by atoms with Crippen molar-refractivity contribution in [3.05, 3.63) is 34.4 Å². The smallest absolute Gasteiger partial charge is 0.306 e. The number of allylic oxidation sites excluding steroid dienone is 1. The van der Waals surface area contributed by atoms with E-state index < -0.39 is 0 Å². The van der Waals surface area contributed by atoms with Gasteiger partial charge in [-0.3, -0.25) is 4.79 Å². The molecular weight excluding hydrogens is 296 g/mol.